The first kappa shape index (κ1) is 14.3. The molecule has 1 aliphatic heterocycles. The van der Waals surface area contributed by atoms with Gasteiger partial charge in [0.1, 0.15) is 0 Å². The van der Waals surface area contributed by atoms with Crippen LogP contribution in [-0.2, 0) is 4.74 Å². The van der Waals surface area contributed by atoms with Gasteiger partial charge in [-0.2, -0.15) is 0 Å². The standard InChI is InChI=1S/C19H30O2/c1-12-4-5-13-10-14(6-8-18(12,13)2)19(3)9-7-15-11-16(19)17(20)21-15/h13-17,20H,1,4-11H2,2-3H3. The highest BCUT2D eigenvalue weighted by Gasteiger charge is 2.56. The largest absolute Gasteiger partial charge is 0.368 e. The van der Waals surface area contributed by atoms with Crippen LogP contribution >= 0.6 is 0 Å². The first-order chi connectivity index (χ1) is 9.93. The van der Waals surface area contributed by atoms with Crippen LogP contribution in [0.4, 0.5) is 0 Å². The molecule has 0 aromatic heterocycles. The summed E-state index contributed by atoms with van der Waals surface area (Å²) in [5, 5.41) is 10.3. The normalized spacial score (nSPS) is 56.5. The summed E-state index contributed by atoms with van der Waals surface area (Å²) in [5.41, 5.74) is 2.20. The van der Waals surface area contributed by atoms with E-state index in [0.717, 1.165) is 24.7 Å². The monoisotopic (exact) mass is 290 g/mol. The van der Waals surface area contributed by atoms with E-state index in [1.54, 1.807) is 0 Å². The lowest BCUT2D eigenvalue weighted by atomic mass is 9.53. The maximum atomic E-state index is 10.3. The smallest absolute Gasteiger partial charge is 0.158 e. The summed E-state index contributed by atoms with van der Waals surface area (Å²) in [6.45, 7) is 9.26. The minimum atomic E-state index is -0.505. The Morgan fingerprint density at radius 3 is 2.71 bits per heavy atom. The summed E-state index contributed by atoms with van der Waals surface area (Å²) in [4.78, 5) is 0. The molecule has 21 heavy (non-hydrogen) atoms. The Morgan fingerprint density at radius 1 is 1.10 bits per heavy atom. The van der Waals surface area contributed by atoms with Crippen LogP contribution in [0.25, 0.3) is 0 Å². The van der Waals surface area contributed by atoms with Gasteiger partial charge in [-0.3, -0.25) is 0 Å². The molecular weight excluding hydrogens is 260 g/mol. The van der Waals surface area contributed by atoms with Gasteiger partial charge in [-0.15, -0.1) is 0 Å². The van der Waals surface area contributed by atoms with Gasteiger partial charge < -0.3 is 9.84 Å². The summed E-state index contributed by atoms with van der Waals surface area (Å²) < 4.78 is 5.74. The van der Waals surface area contributed by atoms with E-state index in [1.165, 1.54) is 44.1 Å². The molecule has 1 N–H and O–H groups in total. The highest BCUT2D eigenvalue weighted by atomic mass is 16.6. The van der Waals surface area contributed by atoms with Gasteiger partial charge in [0.15, 0.2) is 6.29 Å². The van der Waals surface area contributed by atoms with Gasteiger partial charge in [0.25, 0.3) is 0 Å². The predicted octanol–water partition coefficient (Wildman–Crippen LogP) is 4.28. The molecule has 0 aromatic carbocycles. The average molecular weight is 290 g/mol. The van der Waals surface area contributed by atoms with Crippen LogP contribution < -0.4 is 0 Å². The van der Waals surface area contributed by atoms with Crippen LogP contribution in [0.5, 0.6) is 0 Å². The van der Waals surface area contributed by atoms with Crippen molar-refractivity contribution in [3.05, 3.63) is 12.2 Å². The molecule has 1 heterocycles. The quantitative estimate of drug-likeness (QED) is 0.730. The van der Waals surface area contributed by atoms with Crippen LogP contribution in [0.2, 0.25) is 0 Å². The Morgan fingerprint density at radius 2 is 1.90 bits per heavy atom. The number of aliphatic hydroxyl groups is 1. The zero-order chi connectivity index (χ0) is 14.8. The fourth-order valence-corrected chi connectivity index (χ4v) is 6.23. The van der Waals surface area contributed by atoms with Crippen LogP contribution in [0.15, 0.2) is 12.2 Å². The molecule has 1 saturated heterocycles. The van der Waals surface area contributed by atoms with Gasteiger partial charge in [-0.25, -0.2) is 0 Å². The van der Waals surface area contributed by atoms with Gasteiger partial charge in [0.05, 0.1) is 6.10 Å². The van der Waals surface area contributed by atoms with Gasteiger partial charge in [0, 0.05) is 5.92 Å². The minimum absolute atomic E-state index is 0.289. The summed E-state index contributed by atoms with van der Waals surface area (Å²) in [5.74, 6) is 1.97. The van der Waals surface area contributed by atoms with E-state index in [9.17, 15) is 5.11 Å². The molecule has 4 aliphatic rings. The molecule has 4 rings (SSSR count). The summed E-state index contributed by atoms with van der Waals surface area (Å²) >= 11 is 0. The molecule has 0 radical (unpaired) electrons. The lowest BCUT2D eigenvalue weighted by Crippen LogP contribution is -2.45. The van der Waals surface area contributed by atoms with Crippen molar-refractivity contribution < 1.29 is 9.84 Å². The Bertz CT molecular complexity index is 458. The molecule has 0 spiro atoms. The van der Waals surface area contributed by atoms with Gasteiger partial charge in [-0.05, 0) is 74.0 Å². The molecular formula is C19H30O2. The first-order valence-corrected chi connectivity index (χ1v) is 8.95. The van der Waals surface area contributed by atoms with Crippen molar-refractivity contribution in [1.82, 2.24) is 0 Å². The second-order valence-electron chi connectivity index (χ2n) is 8.76. The van der Waals surface area contributed by atoms with Gasteiger partial charge in [0.2, 0.25) is 0 Å². The molecule has 3 saturated carbocycles. The van der Waals surface area contributed by atoms with E-state index in [1.807, 2.05) is 0 Å². The van der Waals surface area contributed by atoms with Gasteiger partial charge in [-0.1, -0.05) is 26.0 Å². The van der Waals surface area contributed by atoms with E-state index >= 15 is 0 Å². The van der Waals surface area contributed by atoms with Crippen molar-refractivity contribution in [2.45, 2.75) is 77.6 Å². The van der Waals surface area contributed by atoms with Crippen LogP contribution in [0.1, 0.15) is 65.2 Å². The van der Waals surface area contributed by atoms with Crippen molar-refractivity contribution in [1.29, 1.82) is 0 Å². The third kappa shape index (κ3) is 1.91. The van der Waals surface area contributed by atoms with Crippen molar-refractivity contribution in [2.24, 2.45) is 28.6 Å². The number of allylic oxidation sites excluding steroid dienone is 1. The molecule has 7 unspecified atom stereocenters. The summed E-state index contributed by atoms with van der Waals surface area (Å²) in [7, 11) is 0. The second kappa shape index (κ2) is 4.58. The minimum Gasteiger partial charge on any atom is -0.368 e. The van der Waals surface area contributed by atoms with Gasteiger partial charge >= 0.3 is 0 Å². The molecule has 2 nitrogen and oxygen atoms in total. The number of hydrogen-bond acceptors (Lipinski definition) is 2. The maximum absolute atomic E-state index is 10.3. The van der Waals surface area contributed by atoms with Crippen molar-refractivity contribution >= 4 is 0 Å². The van der Waals surface area contributed by atoms with E-state index < -0.39 is 6.29 Å². The van der Waals surface area contributed by atoms with Crippen molar-refractivity contribution in [2.75, 3.05) is 0 Å². The predicted molar refractivity (Wildman–Crippen MR) is 83.6 cm³/mol. The Balaban J connectivity index is 1.56. The molecule has 0 amide bonds. The highest BCUT2D eigenvalue weighted by Crippen LogP contribution is 2.62. The average Bonchev–Trinajstić information content (AvgIpc) is 2.94. The van der Waals surface area contributed by atoms with Crippen molar-refractivity contribution in [3.63, 3.8) is 0 Å². The van der Waals surface area contributed by atoms with E-state index in [0.29, 0.717) is 17.4 Å². The Labute approximate surface area is 129 Å². The number of aliphatic hydroxyl groups excluding tert-OH is 1. The van der Waals surface area contributed by atoms with Crippen LogP contribution in [0, 0.1) is 28.6 Å². The third-order valence-corrected chi connectivity index (χ3v) is 8.06. The Kier molecular flexibility index (Phi) is 3.11. The number of fused-ring (bicyclic) bond motifs is 3. The summed E-state index contributed by atoms with van der Waals surface area (Å²) in [6.07, 6.45) is 9.86. The van der Waals surface area contributed by atoms with E-state index in [-0.39, 0.29) is 5.41 Å². The summed E-state index contributed by atoms with van der Waals surface area (Å²) in [6, 6.07) is 0. The molecule has 0 aromatic rings. The number of ether oxygens (including phenoxy) is 1. The lowest BCUT2D eigenvalue weighted by molar-refractivity contribution is -0.123. The topological polar surface area (TPSA) is 29.5 Å². The molecule has 4 fully saturated rings. The van der Waals surface area contributed by atoms with E-state index in [4.69, 9.17) is 4.74 Å². The van der Waals surface area contributed by atoms with Crippen LogP contribution in [-0.4, -0.2) is 17.5 Å². The van der Waals surface area contributed by atoms with Crippen molar-refractivity contribution in [3.8, 4) is 0 Å². The molecule has 2 heteroatoms. The fraction of sp³-hybridized carbons (Fsp3) is 0.895. The maximum Gasteiger partial charge on any atom is 0.158 e. The fourth-order valence-electron chi connectivity index (χ4n) is 6.23. The Hall–Kier alpha value is -0.340. The molecule has 3 aliphatic carbocycles. The molecule has 2 bridgehead atoms. The lowest BCUT2D eigenvalue weighted by Gasteiger charge is -2.51. The zero-order valence-electron chi connectivity index (χ0n) is 13.6. The third-order valence-electron chi connectivity index (χ3n) is 8.06. The number of hydrogen-bond donors (Lipinski definition) is 1. The first-order valence-electron chi connectivity index (χ1n) is 8.95. The number of rotatable bonds is 1. The second-order valence-corrected chi connectivity index (χ2v) is 8.76. The molecule has 7 atom stereocenters. The SMILES string of the molecule is C=C1CCC2CC(C3(C)CCC4CC3C(O)O4)CCC12C. The zero-order valence-corrected chi connectivity index (χ0v) is 13.6. The molecule has 118 valence electrons. The van der Waals surface area contributed by atoms with Crippen LogP contribution in [0.3, 0.4) is 0 Å². The highest BCUT2D eigenvalue weighted by molar-refractivity contribution is 5.19. The van der Waals surface area contributed by atoms with E-state index in [2.05, 4.69) is 20.4 Å².